The highest BCUT2D eigenvalue weighted by Gasteiger charge is 2.65. The molecule has 5 unspecified atom stereocenters. The molecule has 12 heavy (non-hydrogen) atoms. The fraction of sp³-hybridized carbons (Fsp3) is 0.909. The van der Waals surface area contributed by atoms with Crippen LogP contribution in [-0.4, -0.2) is 10.7 Å². The lowest BCUT2D eigenvalue weighted by Crippen LogP contribution is -2.68. The van der Waals surface area contributed by atoms with Gasteiger partial charge in [-0.25, -0.2) is 0 Å². The van der Waals surface area contributed by atoms with E-state index in [4.69, 9.17) is 0 Å². The van der Waals surface area contributed by atoms with E-state index in [1.807, 2.05) is 0 Å². The van der Waals surface area contributed by atoms with Crippen molar-refractivity contribution in [1.82, 2.24) is 0 Å². The van der Waals surface area contributed by atoms with Gasteiger partial charge in [-0.05, 0) is 37.0 Å². The summed E-state index contributed by atoms with van der Waals surface area (Å²) in [6, 6.07) is 0. The Bertz CT molecular complexity index is 233. The second-order valence-corrected chi connectivity index (χ2v) is 5.78. The average molecular weight is 165 g/mol. The maximum Gasteiger partial charge on any atom is 0.0664 e. The fourth-order valence-electron chi connectivity index (χ4n) is 4.23. The van der Waals surface area contributed by atoms with Crippen molar-refractivity contribution >= 4 is 0 Å². The molecule has 0 radical (unpaired) electrons. The molecule has 1 N–H and O–H groups in total. The van der Waals surface area contributed by atoms with Crippen LogP contribution >= 0.6 is 0 Å². The SMILES string of the molecule is [CH2-]C1(C)CC2CC3CC(O)(C1)C23. The zero-order valence-electron chi connectivity index (χ0n) is 7.71. The van der Waals surface area contributed by atoms with E-state index >= 15 is 0 Å². The highest BCUT2D eigenvalue weighted by atomic mass is 16.3. The van der Waals surface area contributed by atoms with Gasteiger partial charge in [-0.2, -0.15) is 5.41 Å². The normalized spacial score (nSPS) is 67.8. The summed E-state index contributed by atoms with van der Waals surface area (Å²) < 4.78 is 0. The zero-order chi connectivity index (χ0) is 8.56. The highest BCUT2D eigenvalue weighted by Crippen LogP contribution is 2.68. The molecule has 1 heteroatoms. The van der Waals surface area contributed by atoms with E-state index in [0.717, 1.165) is 24.7 Å². The van der Waals surface area contributed by atoms with Crippen LogP contribution in [0.3, 0.4) is 0 Å². The maximum absolute atomic E-state index is 10.2. The van der Waals surface area contributed by atoms with Gasteiger partial charge in [-0.15, -0.1) is 0 Å². The number of hydrogen-bond donors (Lipinski definition) is 1. The molecular weight excluding hydrogens is 148 g/mol. The van der Waals surface area contributed by atoms with Gasteiger partial charge in [0.05, 0.1) is 5.60 Å². The van der Waals surface area contributed by atoms with Crippen LogP contribution in [0.4, 0.5) is 0 Å². The minimum Gasteiger partial charge on any atom is -0.390 e. The molecule has 5 atom stereocenters. The second-order valence-electron chi connectivity index (χ2n) is 5.78. The van der Waals surface area contributed by atoms with Crippen molar-refractivity contribution < 1.29 is 5.11 Å². The minimum atomic E-state index is -0.289. The van der Waals surface area contributed by atoms with E-state index in [9.17, 15) is 5.11 Å². The topological polar surface area (TPSA) is 20.2 Å². The Labute approximate surface area is 74.2 Å². The third-order valence-electron chi connectivity index (χ3n) is 4.35. The molecule has 0 aromatic heterocycles. The van der Waals surface area contributed by atoms with Crippen LogP contribution in [0.15, 0.2) is 0 Å². The smallest absolute Gasteiger partial charge is 0.0664 e. The summed E-state index contributed by atoms with van der Waals surface area (Å²) in [5, 5.41) is 10.2. The van der Waals surface area contributed by atoms with Crippen LogP contribution in [0.1, 0.15) is 32.6 Å². The van der Waals surface area contributed by atoms with Gasteiger partial charge in [0.25, 0.3) is 0 Å². The summed E-state index contributed by atoms with van der Waals surface area (Å²) in [4.78, 5) is 0. The second kappa shape index (κ2) is 1.75. The molecule has 0 saturated heterocycles. The molecule has 0 aliphatic heterocycles. The van der Waals surface area contributed by atoms with Crippen molar-refractivity contribution in [3.05, 3.63) is 6.92 Å². The van der Waals surface area contributed by atoms with E-state index in [2.05, 4.69) is 13.8 Å². The Balaban J connectivity index is 1.89. The Morgan fingerprint density at radius 1 is 1.33 bits per heavy atom. The predicted octanol–water partition coefficient (Wildman–Crippen LogP) is 2.01. The van der Waals surface area contributed by atoms with Gasteiger partial charge in [0.2, 0.25) is 0 Å². The average Bonchev–Trinajstić information content (AvgIpc) is 1.77. The van der Waals surface area contributed by atoms with Gasteiger partial charge in [0.15, 0.2) is 0 Å². The largest absolute Gasteiger partial charge is 0.390 e. The molecule has 68 valence electrons. The highest BCUT2D eigenvalue weighted by molar-refractivity contribution is 5.17. The molecule has 0 heterocycles. The molecule has 0 amide bonds. The van der Waals surface area contributed by atoms with Crippen molar-refractivity contribution in [1.29, 1.82) is 0 Å². The Morgan fingerprint density at radius 2 is 2.00 bits per heavy atom. The van der Waals surface area contributed by atoms with Crippen molar-refractivity contribution in [2.24, 2.45) is 23.2 Å². The number of rotatable bonds is 0. The third kappa shape index (κ3) is 0.693. The first-order valence-electron chi connectivity index (χ1n) is 5.08. The lowest BCUT2D eigenvalue weighted by molar-refractivity contribution is -0.263. The molecule has 0 bridgehead atoms. The van der Waals surface area contributed by atoms with Gasteiger partial charge in [0.1, 0.15) is 0 Å². The summed E-state index contributed by atoms with van der Waals surface area (Å²) in [6.07, 6.45) is 4.63. The van der Waals surface area contributed by atoms with E-state index < -0.39 is 0 Å². The molecular formula is C11H17O-. The third-order valence-corrected chi connectivity index (χ3v) is 4.35. The van der Waals surface area contributed by atoms with Gasteiger partial charge in [-0.3, -0.25) is 0 Å². The summed E-state index contributed by atoms with van der Waals surface area (Å²) in [5.74, 6) is 2.37. The summed E-state index contributed by atoms with van der Waals surface area (Å²) in [5.41, 5.74) is -0.135. The molecule has 1 nitrogen and oxygen atoms in total. The molecule has 3 saturated carbocycles. The van der Waals surface area contributed by atoms with Gasteiger partial charge in [0, 0.05) is 0 Å². The van der Waals surface area contributed by atoms with Crippen molar-refractivity contribution in [2.45, 2.75) is 38.2 Å². The summed E-state index contributed by atoms with van der Waals surface area (Å²) in [6.45, 7) is 6.41. The molecule has 3 fully saturated rings. The first kappa shape index (κ1) is 7.37. The molecule has 0 aromatic rings. The molecule has 3 aliphatic carbocycles. The molecule has 0 spiro atoms. The minimum absolute atomic E-state index is 0.154. The van der Waals surface area contributed by atoms with Gasteiger partial charge in [-0.1, -0.05) is 13.3 Å². The van der Waals surface area contributed by atoms with E-state index in [-0.39, 0.29) is 11.0 Å². The lowest BCUT2D eigenvalue weighted by Gasteiger charge is -2.71. The standard InChI is InChI=1S/C11H17O/c1-10(2)4-7-3-8-5-11(12,6-10)9(7)8/h7-9,12H,1,3-6H2,2H3/q-1. The Hall–Kier alpha value is -0.0400. The summed E-state index contributed by atoms with van der Waals surface area (Å²) in [7, 11) is 0. The van der Waals surface area contributed by atoms with Crippen molar-refractivity contribution in [3.63, 3.8) is 0 Å². The van der Waals surface area contributed by atoms with E-state index in [1.54, 1.807) is 0 Å². The van der Waals surface area contributed by atoms with Gasteiger partial charge < -0.3 is 12.0 Å². The van der Waals surface area contributed by atoms with Crippen LogP contribution in [0.25, 0.3) is 0 Å². The van der Waals surface area contributed by atoms with Crippen molar-refractivity contribution in [3.8, 4) is 0 Å². The van der Waals surface area contributed by atoms with Crippen LogP contribution in [0, 0.1) is 30.1 Å². The Morgan fingerprint density at radius 3 is 2.58 bits per heavy atom. The van der Waals surface area contributed by atoms with Gasteiger partial charge >= 0.3 is 0 Å². The van der Waals surface area contributed by atoms with Crippen LogP contribution in [-0.2, 0) is 0 Å². The molecule has 0 aromatic carbocycles. The van der Waals surface area contributed by atoms with Crippen LogP contribution in [0.2, 0.25) is 0 Å². The monoisotopic (exact) mass is 165 g/mol. The predicted molar refractivity (Wildman–Crippen MR) is 47.4 cm³/mol. The Kier molecular flexibility index (Phi) is 1.07. The summed E-state index contributed by atoms with van der Waals surface area (Å²) >= 11 is 0. The van der Waals surface area contributed by atoms with E-state index in [1.165, 1.54) is 12.8 Å². The number of aliphatic hydroxyl groups is 1. The maximum atomic E-state index is 10.2. The first-order valence-corrected chi connectivity index (χ1v) is 5.08. The van der Waals surface area contributed by atoms with Crippen LogP contribution < -0.4 is 0 Å². The van der Waals surface area contributed by atoms with Crippen LogP contribution in [0.5, 0.6) is 0 Å². The quantitative estimate of drug-likeness (QED) is 0.544. The lowest BCUT2D eigenvalue weighted by atomic mass is 9.38. The van der Waals surface area contributed by atoms with Crippen molar-refractivity contribution in [2.75, 3.05) is 0 Å². The fourth-order valence-corrected chi connectivity index (χ4v) is 4.23. The van der Waals surface area contributed by atoms with E-state index in [0.29, 0.717) is 5.92 Å². The molecule has 3 aliphatic rings. The molecule has 3 rings (SSSR count). The number of hydrogen-bond acceptors (Lipinski definition) is 1. The first-order chi connectivity index (χ1) is 5.50. The zero-order valence-corrected chi connectivity index (χ0v) is 7.71.